The van der Waals surface area contributed by atoms with Crippen LogP contribution in [0.5, 0.6) is 0 Å². The lowest BCUT2D eigenvalue weighted by atomic mass is 9.49. The normalized spacial score (nSPS) is 44.0. The second-order valence-electron chi connectivity index (χ2n) is 12.1. The third-order valence-electron chi connectivity index (χ3n) is 10.0. The first-order valence-electron chi connectivity index (χ1n) is 12.5. The molecule has 0 radical (unpaired) electrons. The van der Waals surface area contributed by atoms with E-state index in [9.17, 15) is 10.2 Å². The first-order valence-corrected chi connectivity index (χ1v) is 12.5. The summed E-state index contributed by atoms with van der Waals surface area (Å²) >= 11 is 0. The van der Waals surface area contributed by atoms with Gasteiger partial charge in [0.25, 0.3) is 0 Å². The highest BCUT2D eigenvalue weighted by molar-refractivity contribution is 5.39. The third-order valence-corrected chi connectivity index (χ3v) is 10.0. The number of aliphatic hydroxyl groups excluding tert-OH is 1. The van der Waals surface area contributed by atoms with Gasteiger partial charge in [-0.3, -0.25) is 0 Å². The van der Waals surface area contributed by atoms with E-state index in [1.807, 2.05) is 0 Å². The van der Waals surface area contributed by atoms with E-state index in [4.69, 9.17) is 0 Å². The van der Waals surface area contributed by atoms with Crippen LogP contribution in [0.15, 0.2) is 35.5 Å². The largest absolute Gasteiger partial charge is 0.393 e. The molecule has 4 aliphatic carbocycles. The molecule has 8 atom stereocenters. The Bertz CT molecular complexity index is 757. The molecular weight excluding hydrogens is 368 g/mol. The molecule has 0 aromatic carbocycles. The van der Waals surface area contributed by atoms with E-state index in [0.717, 1.165) is 25.7 Å². The van der Waals surface area contributed by atoms with Gasteiger partial charge in [0.15, 0.2) is 0 Å². The summed E-state index contributed by atoms with van der Waals surface area (Å²) in [5, 5.41) is 21.8. The van der Waals surface area contributed by atoms with Crippen LogP contribution in [-0.2, 0) is 0 Å². The lowest BCUT2D eigenvalue weighted by Crippen LogP contribution is -2.49. The van der Waals surface area contributed by atoms with E-state index >= 15 is 0 Å². The molecular formula is C28H44O2. The maximum atomic E-state index is 11.6. The smallest absolute Gasteiger partial charge is 0.0833 e. The minimum atomic E-state index is -0.742. The molecule has 0 saturated heterocycles. The van der Waals surface area contributed by atoms with Gasteiger partial charge in [0.05, 0.1) is 11.7 Å². The number of fused-ring (bicyclic) bond motifs is 5. The van der Waals surface area contributed by atoms with E-state index < -0.39 is 5.60 Å². The summed E-state index contributed by atoms with van der Waals surface area (Å²) in [6.07, 6.45) is 16.7. The van der Waals surface area contributed by atoms with Gasteiger partial charge in [-0.05, 0) is 92.3 Å². The lowest BCUT2D eigenvalue weighted by Gasteiger charge is -2.55. The summed E-state index contributed by atoms with van der Waals surface area (Å²) in [6, 6.07) is 0. The van der Waals surface area contributed by atoms with Gasteiger partial charge in [-0.2, -0.15) is 0 Å². The summed E-state index contributed by atoms with van der Waals surface area (Å²) in [7, 11) is 0. The Morgan fingerprint density at radius 2 is 1.77 bits per heavy atom. The van der Waals surface area contributed by atoms with Crippen molar-refractivity contribution in [3.05, 3.63) is 35.5 Å². The van der Waals surface area contributed by atoms with Crippen molar-refractivity contribution in [2.24, 2.45) is 40.4 Å². The van der Waals surface area contributed by atoms with Gasteiger partial charge in [-0.1, -0.05) is 70.1 Å². The van der Waals surface area contributed by atoms with Gasteiger partial charge < -0.3 is 10.2 Å². The molecule has 0 unspecified atom stereocenters. The Labute approximate surface area is 184 Å². The molecule has 0 aromatic rings. The monoisotopic (exact) mass is 412 g/mol. The summed E-state index contributed by atoms with van der Waals surface area (Å²) in [6.45, 7) is 13.7. The van der Waals surface area contributed by atoms with Crippen LogP contribution in [0.2, 0.25) is 0 Å². The van der Waals surface area contributed by atoms with Crippen LogP contribution < -0.4 is 0 Å². The Morgan fingerprint density at radius 1 is 1.03 bits per heavy atom. The van der Waals surface area contributed by atoms with Crippen molar-refractivity contribution in [3.63, 3.8) is 0 Å². The predicted molar refractivity (Wildman–Crippen MR) is 125 cm³/mol. The maximum absolute atomic E-state index is 11.6. The van der Waals surface area contributed by atoms with Crippen molar-refractivity contribution < 1.29 is 10.2 Å². The topological polar surface area (TPSA) is 40.5 Å². The van der Waals surface area contributed by atoms with Crippen molar-refractivity contribution in [3.8, 4) is 0 Å². The van der Waals surface area contributed by atoms with E-state index in [2.05, 4.69) is 65.8 Å². The Hall–Kier alpha value is -0.860. The predicted octanol–water partition coefficient (Wildman–Crippen LogP) is 6.45. The molecule has 0 amide bonds. The van der Waals surface area contributed by atoms with Gasteiger partial charge in [-0.25, -0.2) is 0 Å². The molecule has 0 aromatic heterocycles. The maximum Gasteiger partial charge on any atom is 0.0833 e. The molecule has 3 fully saturated rings. The molecule has 168 valence electrons. The molecule has 0 bridgehead atoms. The van der Waals surface area contributed by atoms with Crippen LogP contribution in [0.3, 0.4) is 0 Å². The van der Waals surface area contributed by atoms with Crippen LogP contribution in [0.25, 0.3) is 0 Å². The average molecular weight is 413 g/mol. The fourth-order valence-electron chi connectivity index (χ4n) is 7.63. The van der Waals surface area contributed by atoms with E-state index in [0.29, 0.717) is 29.6 Å². The SMILES string of the molecule is CC(C)[C@@H](C)/C=C/[C@](C)(O)[C@H]1CC[C@H]2C3=CC=C4C[C@@H](O)CC[C@]4(C)[C@H]3CC[C@@]21C. The molecule has 2 nitrogen and oxygen atoms in total. The number of aliphatic hydroxyl groups is 2. The Morgan fingerprint density at radius 3 is 2.47 bits per heavy atom. The highest BCUT2D eigenvalue weighted by atomic mass is 16.3. The fraction of sp³-hybridized carbons (Fsp3) is 0.786. The number of hydrogen-bond acceptors (Lipinski definition) is 2. The first kappa shape index (κ1) is 22.3. The third kappa shape index (κ3) is 3.47. The van der Waals surface area contributed by atoms with Crippen molar-refractivity contribution in [1.82, 2.24) is 0 Å². The molecule has 2 N–H and O–H groups in total. The molecule has 0 aliphatic heterocycles. The molecule has 0 heterocycles. The van der Waals surface area contributed by atoms with Crippen LogP contribution in [0.4, 0.5) is 0 Å². The summed E-state index contributed by atoms with van der Waals surface area (Å²) in [5.41, 5.74) is 2.80. The quantitative estimate of drug-likeness (QED) is 0.521. The van der Waals surface area contributed by atoms with E-state index in [1.165, 1.54) is 24.8 Å². The zero-order valence-electron chi connectivity index (χ0n) is 20.1. The lowest BCUT2D eigenvalue weighted by molar-refractivity contribution is -0.0363. The second kappa shape index (κ2) is 7.62. The van der Waals surface area contributed by atoms with Crippen molar-refractivity contribution >= 4 is 0 Å². The molecule has 4 aliphatic rings. The Balaban J connectivity index is 1.61. The van der Waals surface area contributed by atoms with Crippen molar-refractivity contribution in [1.29, 1.82) is 0 Å². The summed E-state index contributed by atoms with van der Waals surface area (Å²) in [4.78, 5) is 0. The highest BCUT2D eigenvalue weighted by Crippen LogP contribution is 2.66. The highest BCUT2D eigenvalue weighted by Gasteiger charge is 2.59. The van der Waals surface area contributed by atoms with Crippen molar-refractivity contribution in [2.75, 3.05) is 0 Å². The molecule has 3 saturated carbocycles. The van der Waals surface area contributed by atoms with Crippen molar-refractivity contribution in [2.45, 2.75) is 98.2 Å². The van der Waals surface area contributed by atoms with Gasteiger partial charge in [0.1, 0.15) is 0 Å². The van der Waals surface area contributed by atoms with Gasteiger partial charge in [0, 0.05) is 0 Å². The van der Waals surface area contributed by atoms with Gasteiger partial charge >= 0.3 is 0 Å². The minimum Gasteiger partial charge on any atom is -0.393 e. The van der Waals surface area contributed by atoms with Crippen LogP contribution in [0, 0.1) is 40.4 Å². The fourth-order valence-corrected chi connectivity index (χ4v) is 7.63. The Kier molecular flexibility index (Phi) is 5.68. The first-order chi connectivity index (χ1) is 14.0. The van der Waals surface area contributed by atoms with E-state index in [1.54, 1.807) is 5.57 Å². The van der Waals surface area contributed by atoms with Crippen LogP contribution >= 0.6 is 0 Å². The van der Waals surface area contributed by atoms with Gasteiger partial charge in [0.2, 0.25) is 0 Å². The van der Waals surface area contributed by atoms with Crippen LogP contribution in [0.1, 0.15) is 86.5 Å². The van der Waals surface area contributed by atoms with Crippen LogP contribution in [-0.4, -0.2) is 21.9 Å². The number of hydrogen-bond donors (Lipinski definition) is 2. The standard InChI is InChI=1S/C28H44O2/c1-18(2)19(3)11-16-28(6,30)25-10-9-23-22-8-7-20-17-21(29)12-14-26(20,4)24(22)13-15-27(23,25)5/h7-8,11,16,18-19,21,23-25,29-30H,9-10,12-15,17H2,1-6H3/b16-11+/t19-,21-,23-,24-,25-,26-,27-,28-/m0/s1. The second-order valence-corrected chi connectivity index (χ2v) is 12.1. The molecule has 0 spiro atoms. The zero-order chi connectivity index (χ0) is 21.9. The number of allylic oxidation sites excluding steroid dienone is 4. The summed E-state index contributed by atoms with van der Waals surface area (Å²) < 4.78 is 0. The van der Waals surface area contributed by atoms with E-state index in [-0.39, 0.29) is 16.9 Å². The molecule has 30 heavy (non-hydrogen) atoms. The summed E-state index contributed by atoms with van der Waals surface area (Å²) in [5.74, 6) is 2.62. The zero-order valence-corrected chi connectivity index (χ0v) is 20.1. The van der Waals surface area contributed by atoms with Gasteiger partial charge in [-0.15, -0.1) is 0 Å². The minimum absolute atomic E-state index is 0.154. The number of rotatable bonds is 4. The average Bonchev–Trinajstić information content (AvgIpc) is 3.04. The molecule has 4 rings (SSSR count). The molecule has 2 heteroatoms.